The van der Waals surface area contributed by atoms with Crippen LogP contribution in [-0.4, -0.2) is 34.6 Å². The van der Waals surface area contributed by atoms with Crippen LogP contribution in [-0.2, 0) is 32.1 Å². The summed E-state index contributed by atoms with van der Waals surface area (Å²) in [5, 5.41) is 13.0. The number of fused-ring (bicyclic) bond motifs is 3. The fourth-order valence-electron chi connectivity index (χ4n) is 3.72. The second kappa shape index (κ2) is 8.61. The standard InChI is InChI=1S/C23H24N2O5/c1-14(2)20(25-24-13-26)21(27)23(3,22(28)29)30-12-16-8-6-10-18-17-9-5-4-7-15(17)11-19(16)18/h4-10,14,20,25H,11-12H2,1-3H3,(H,28,29)/t20-,23-/m0/s1. The van der Waals surface area contributed by atoms with Gasteiger partial charge < -0.3 is 9.84 Å². The number of carbonyl (C=O) groups is 2. The third-order valence-corrected chi connectivity index (χ3v) is 5.54. The van der Waals surface area contributed by atoms with Crippen molar-refractivity contribution < 1.29 is 24.2 Å². The van der Waals surface area contributed by atoms with Gasteiger partial charge in [-0.05, 0) is 47.1 Å². The Morgan fingerprint density at radius 1 is 1.20 bits per heavy atom. The van der Waals surface area contributed by atoms with E-state index < -0.39 is 23.4 Å². The monoisotopic (exact) mass is 408 g/mol. The van der Waals surface area contributed by atoms with Crippen LogP contribution in [0.25, 0.3) is 11.1 Å². The lowest BCUT2D eigenvalue weighted by atomic mass is 9.89. The van der Waals surface area contributed by atoms with E-state index in [1.807, 2.05) is 30.3 Å². The molecule has 0 unspecified atom stereocenters. The number of carboxylic acids is 1. The van der Waals surface area contributed by atoms with Crippen molar-refractivity contribution in [3.05, 3.63) is 59.2 Å². The fraction of sp³-hybridized carbons (Fsp3) is 0.348. The summed E-state index contributed by atoms with van der Waals surface area (Å²) in [6.07, 6.45) is 2.04. The highest BCUT2D eigenvalue weighted by molar-refractivity contribution is 6.08. The van der Waals surface area contributed by atoms with Gasteiger partial charge in [0, 0.05) is 0 Å². The molecule has 0 amide bonds. The van der Waals surface area contributed by atoms with Gasteiger partial charge >= 0.3 is 5.97 Å². The van der Waals surface area contributed by atoms with E-state index in [1.54, 1.807) is 13.8 Å². The minimum atomic E-state index is -2.10. The molecule has 1 aliphatic rings. The zero-order valence-electron chi connectivity index (χ0n) is 17.1. The van der Waals surface area contributed by atoms with E-state index in [0.717, 1.165) is 28.7 Å². The molecule has 0 saturated carbocycles. The first-order valence-electron chi connectivity index (χ1n) is 9.72. The quantitative estimate of drug-likeness (QED) is 0.244. The van der Waals surface area contributed by atoms with E-state index in [4.69, 9.17) is 4.74 Å². The number of hydrogen-bond donors (Lipinski definition) is 2. The largest absolute Gasteiger partial charge is 0.479 e. The van der Waals surface area contributed by atoms with Gasteiger partial charge in [0.25, 0.3) is 6.08 Å². The van der Waals surface area contributed by atoms with Crippen LogP contribution in [0.4, 0.5) is 0 Å². The number of isocyanates is 1. The summed E-state index contributed by atoms with van der Waals surface area (Å²) >= 11 is 0. The van der Waals surface area contributed by atoms with Crippen molar-refractivity contribution in [2.45, 2.75) is 45.4 Å². The van der Waals surface area contributed by atoms with Crippen LogP contribution in [0, 0.1) is 5.92 Å². The van der Waals surface area contributed by atoms with Gasteiger partial charge in [-0.25, -0.2) is 9.59 Å². The third-order valence-electron chi connectivity index (χ3n) is 5.54. The topological polar surface area (TPSA) is 105 Å². The Labute approximate surface area is 174 Å². The van der Waals surface area contributed by atoms with Crippen LogP contribution >= 0.6 is 0 Å². The van der Waals surface area contributed by atoms with E-state index >= 15 is 0 Å². The molecule has 7 heteroatoms. The van der Waals surface area contributed by atoms with Gasteiger partial charge in [-0.15, -0.1) is 0 Å². The SMILES string of the molecule is CC(C)[C@H](NN=C=O)C(=O)[C@](C)(OCc1cccc2c1Cc1ccccc1-2)C(=O)O. The summed E-state index contributed by atoms with van der Waals surface area (Å²) < 4.78 is 5.74. The lowest BCUT2D eigenvalue weighted by molar-refractivity contribution is -0.173. The number of ether oxygens (including phenoxy) is 1. The molecule has 30 heavy (non-hydrogen) atoms. The molecule has 0 heterocycles. The lowest BCUT2D eigenvalue weighted by Gasteiger charge is -2.29. The first-order chi connectivity index (χ1) is 14.3. The van der Waals surface area contributed by atoms with Crippen LogP contribution < -0.4 is 5.43 Å². The maximum Gasteiger partial charge on any atom is 0.343 e. The highest BCUT2D eigenvalue weighted by Gasteiger charge is 2.47. The van der Waals surface area contributed by atoms with E-state index in [2.05, 4.69) is 22.7 Å². The van der Waals surface area contributed by atoms with Crippen LogP contribution in [0.3, 0.4) is 0 Å². The van der Waals surface area contributed by atoms with Crippen molar-refractivity contribution in [3.63, 3.8) is 0 Å². The Morgan fingerprint density at radius 3 is 2.57 bits per heavy atom. The van der Waals surface area contributed by atoms with Crippen molar-refractivity contribution in [1.29, 1.82) is 0 Å². The van der Waals surface area contributed by atoms with E-state index in [0.29, 0.717) is 0 Å². The molecule has 0 aromatic heterocycles. The number of Topliss-reactive ketones (excluding diaryl/α,β-unsaturated/α-hetero) is 1. The zero-order chi connectivity index (χ0) is 21.9. The molecule has 2 aromatic carbocycles. The van der Waals surface area contributed by atoms with Gasteiger partial charge in [0.2, 0.25) is 5.60 Å². The fourth-order valence-corrected chi connectivity index (χ4v) is 3.72. The number of hydrazone groups is 1. The number of ketones is 1. The van der Waals surface area contributed by atoms with E-state index in [9.17, 15) is 19.5 Å². The van der Waals surface area contributed by atoms with E-state index in [-0.39, 0.29) is 12.5 Å². The van der Waals surface area contributed by atoms with Crippen LogP contribution in [0.5, 0.6) is 0 Å². The Morgan fingerprint density at radius 2 is 1.90 bits per heavy atom. The third kappa shape index (κ3) is 3.90. The molecule has 0 radical (unpaired) electrons. The second-order valence-electron chi connectivity index (χ2n) is 7.82. The van der Waals surface area contributed by atoms with Gasteiger partial charge in [-0.1, -0.05) is 61.4 Å². The Balaban J connectivity index is 1.86. The van der Waals surface area contributed by atoms with Crippen LogP contribution in [0.1, 0.15) is 37.5 Å². The minimum Gasteiger partial charge on any atom is -0.479 e. The molecule has 0 spiro atoms. The van der Waals surface area contributed by atoms with Crippen molar-refractivity contribution in [2.24, 2.45) is 11.0 Å². The summed E-state index contributed by atoms with van der Waals surface area (Å²) in [6.45, 7) is 4.64. The molecule has 0 fully saturated rings. The summed E-state index contributed by atoms with van der Waals surface area (Å²) in [5.74, 6) is -2.42. The predicted molar refractivity (Wildman–Crippen MR) is 110 cm³/mol. The Bertz CT molecular complexity index is 1030. The number of rotatable bonds is 9. The molecule has 0 bridgehead atoms. The average molecular weight is 408 g/mol. The maximum absolute atomic E-state index is 13.0. The van der Waals surface area contributed by atoms with Gasteiger partial charge in [0.1, 0.15) is 6.04 Å². The van der Waals surface area contributed by atoms with Crippen molar-refractivity contribution >= 4 is 17.8 Å². The smallest absolute Gasteiger partial charge is 0.343 e. The Hall–Kier alpha value is -3.28. The summed E-state index contributed by atoms with van der Waals surface area (Å²) in [5.41, 5.74) is 5.65. The van der Waals surface area contributed by atoms with Gasteiger partial charge in [-0.2, -0.15) is 0 Å². The predicted octanol–water partition coefficient (Wildman–Crippen LogP) is 3.05. The van der Waals surface area contributed by atoms with Crippen molar-refractivity contribution in [3.8, 4) is 11.1 Å². The number of carbonyl (C=O) groups excluding carboxylic acids is 2. The number of nitrogens with one attached hydrogen (secondary N) is 1. The maximum atomic E-state index is 13.0. The summed E-state index contributed by atoms with van der Waals surface area (Å²) in [7, 11) is 0. The van der Waals surface area contributed by atoms with Gasteiger partial charge in [0.05, 0.1) is 6.61 Å². The molecule has 0 aliphatic heterocycles. The molecule has 2 atom stereocenters. The molecular weight excluding hydrogens is 384 g/mol. The molecule has 2 N–H and O–H groups in total. The zero-order valence-corrected chi connectivity index (χ0v) is 17.1. The van der Waals surface area contributed by atoms with Gasteiger partial charge in [-0.3, -0.25) is 10.2 Å². The van der Waals surface area contributed by atoms with Crippen LogP contribution in [0.15, 0.2) is 47.6 Å². The first kappa shape index (κ1) is 21.4. The number of benzene rings is 2. The highest BCUT2D eigenvalue weighted by Crippen LogP contribution is 2.38. The Kier molecular flexibility index (Phi) is 6.15. The molecule has 2 aromatic rings. The number of carboxylic acid groups (broad SMARTS) is 1. The molecule has 0 saturated heterocycles. The van der Waals surface area contributed by atoms with Crippen molar-refractivity contribution in [1.82, 2.24) is 5.43 Å². The highest BCUT2D eigenvalue weighted by atomic mass is 16.5. The van der Waals surface area contributed by atoms with Crippen LogP contribution in [0.2, 0.25) is 0 Å². The van der Waals surface area contributed by atoms with Crippen molar-refractivity contribution in [2.75, 3.05) is 0 Å². The second-order valence-corrected chi connectivity index (χ2v) is 7.82. The number of aliphatic carboxylic acids is 1. The first-order valence-corrected chi connectivity index (χ1v) is 9.72. The molecule has 7 nitrogen and oxygen atoms in total. The average Bonchev–Trinajstić information content (AvgIpc) is 3.11. The molecular formula is C23H24N2O5. The lowest BCUT2D eigenvalue weighted by Crippen LogP contribution is -2.55. The minimum absolute atomic E-state index is 0.0343. The molecule has 156 valence electrons. The summed E-state index contributed by atoms with van der Waals surface area (Å²) in [4.78, 5) is 35.5. The molecule has 3 rings (SSSR count). The number of nitrogens with zero attached hydrogens (tertiary/aromatic N) is 1. The molecule has 1 aliphatic carbocycles. The van der Waals surface area contributed by atoms with Gasteiger partial charge in [0.15, 0.2) is 5.78 Å². The van der Waals surface area contributed by atoms with E-state index in [1.165, 1.54) is 18.6 Å². The normalized spacial score (nSPS) is 14.8. The number of hydrogen-bond acceptors (Lipinski definition) is 6. The summed E-state index contributed by atoms with van der Waals surface area (Å²) in [6, 6.07) is 12.9.